The fourth-order valence-electron chi connectivity index (χ4n) is 4.89. The van der Waals surface area contributed by atoms with Gasteiger partial charge < -0.3 is 19.7 Å². The minimum Gasteiger partial charge on any atom is -0.490 e. The Morgan fingerprint density at radius 3 is 2.61 bits per heavy atom. The van der Waals surface area contributed by atoms with Crippen molar-refractivity contribution in [2.75, 3.05) is 24.7 Å². The number of aromatic nitrogens is 2. The standard InChI is InChI=1S/C21H17F5N4O3/c22-20(23)5-3-11-15(27-17(28-16(11)20)30-6-4-14(30)21(24,25)26)10-1-2-12-13(7-10)32-8-19(12)9-33-18(31)29-19/h1-2,7,14H,3-6,8-9H2,(H,29,31)/t14-,19-/m1/s1. The summed E-state index contributed by atoms with van der Waals surface area (Å²) < 4.78 is 79.8. The lowest BCUT2D eigenvalue weighted by Gasteiger charge is -2.42. The summed E-state index contributed by atoms with van der Waals surface area (Å²) in [6.07, 6.45) is -5.69. The van der Waals surface area contributed by atoms with E-state index >= 15 is 0 Å². The number of carbonyl (C=O) groups excluding carboxylic acids is 1. The monoisotopic (exact) mass is 468 g/mol. The van der Waals surface area contributed by atoms with Crippen LogP contribution in [0.4, 0.5) is 32.7 Å². The second kappa shape index (κ2) is 6.45. The van der Waals surface area contributed by atoms with Crippen LogP contribution in [0.3, 0.4) is 0 Å². The Hall–Kier alpha value is -3.18. The number of anilines is 1. The molecule has 174 valence electrons. The van der Waals surface area contributed by atoms with E-state index in [1.165, 1.54) is 0 Å². The van der Waals surface area contributed by atoms with Gasteiger partial charge in [-0.2, -0.15) is 22.0 Å². The summed E-state index contributed by atoms with van der Waals surface area (Å²) in [6.45, 7) is 0.262. The fourth-order valence-corrected chi connectivity index (χ4v) is 4.89. The molecule has 1 amide bonds. The lowest BCUT2D eigenvalue weighted by molar-refractivity contribution is -0.160. The van der Waals surface area contributed by atoms with Crippen LogP contribution in [0.2, 0.25) is 0 Å². The molecule has 0 saturated carbocycles. The topological polar surface area (TPSA) is 76.6 Å². The maximum absolute atomic E-state index is 14.6. The highest BCUT2D eigenvalue weighted by Crippen LogP contribution is 2.47. The lowest BCUT2D eigenvalue weighted by atomic mass is 9.92. The van der Waals surface area contributed by atoms with E-state index in [4.69, 9.17) is 9.47 Å². The van der Waals surface area contributed by atoms with E-state index in [1.54, 1.807) is 18.2 Å². The quantitative estimate of drug-likeness (QED) is 0.679. The Bertz CT molecular complexity index is 1190. The van der Waals surface area contributed by atoms with Crippen molar-refractivity contribution in [1.82, 2.24) is 15.3 Å². The number of amides is 1. The van der Waals surface area contributed by atoms with Crippen LogP contribution >= 0.6 is 0 Å². The van der Waals surface area contributed by atoms with Gasteiger partial charge in [0, 0.05) is 29.7 Å². The molecule has 2 atom stereocenters. The Labute approximate surface area is 183 Å². The molecule has 3 aliphatic heterocycles. The number of alkyl carbamates (subject to hydrolysis) is 1. The van der Waals surface area contributed by atoms with E-state index in [0.717, 1.165) is 4.90 Å². The van der Waals surface area contributed by atoms with Gasteiger partial charge in [-0.3, -0.25) is 0 Å². The van der Waals surface area contributed by atoms with Crippen LogP contribution in [-0.4, -0.2) is 48.0 Å². The minimum absolute atomic E-state index is 0.00637. The number of nitrogens with one attached hydrogen (secondary N) is 1. The van der Waals surface area contributed by atoms with Gasteiger partial charge in [0.1, 0.15) is 36.2 Å². The van der Waals surface area contributed by atoms with Gasteiger partial charge in [0.05, 0.1) is 5.69 Å². The summed E-state index contributed by atoms with van der Waals surface area (Å²) in [4.78, 5) is 20.7. The molecule has 33 heavy (non-hydrogen) atoms. The van der Waals surface area contributed by atoms with Crippen molar-refractivity contribution >= 4 is 12.0 Å². The van der Waals surface area contributed by atoms with E-state index in [9.17, 15) is 26.7 Å². The molecule has 1 aromatic heterocycles. The Balaban J connectivity index is 1.44. The summed E-state index contributed by atoms with van der Waals surface area (Å²) in [5.74, 6) is -3.18. The zero-order valence-corrected chi connectivity index (χ0v) is 17.0. The number of benzene rings is 1. The van der Waals surface area contributed by atoms with Crippen LogP contribution in [0.15, 0.2) is 18.2 Å². The van der Waals surface area contributed by atoms with E-state index < -0.39 is 41.9 Å². The largest absolute Gasteiger partial charge is 0.490 e. The number of fused-ring (bicyclic) bond motifs is 3. The van der Waals surface area contributed by atoms with Crippen molar-refractivity contribution in [3.8, 4) is 17.0 Å². The summed E-state index contributed by atoms with van der Waals surface area (Å²) in [6, 6.07) is 3.14. The van der Waals surface area contributed by atoms with Crippen LogP contribution in [0.1, 0.15) is 29.7 Å². The first-order chi connectivity index (χ1) is 15.6. The average molecular weight is 468 g/mol. The van der Waals surface area contributed by atoms with E-state index in [1.807, 2.05) is 0 Å². The molecule has 2 fully saturated rings. The molecule has 2 aromatic rings. The van der Waals surface area contributed by atoms with Gasteiger partial charge in [0.15, 0.2) is 0 Å². The summed E-state index contributed by atoms with van der Waals surface area (Å²) in [7, 11) is 0. The van der Waals surface area contributed by atoms with Gasteiger partial charge in [-0.25, -0.2) is 14.8 Å². The number of hydrogen-bond acceptors (Lipinski definition) is 6. The molecule has 0 unspecified atom stereocenters. The van der Waals surface area contributed by atoms with Crippen LogP contribution in [0, 0.1) is 0 Å². The average Bonchev–Trinajstić information content (AvgIpc) is 3.36. The van der Waals surface area contributed by atoms with Crippen molar-refractivity contribution in [2.45, 2.75) is 42.9 Å². The first kappa shape index (κ1) is 20.4. The Kier molecular flexibility index (Phi) is 3.99. The maximum Gasteiger partial charge on any atom is 0.408 e. The smallest absolute Gasteiger partial charge is 0.408 e. The Morgan fingerprint density at radius 1 is 1.15 bits per heavy atom. The van der Waals surface area contributed by atoms with Crippen molar-refractivity contribution in [1.29, 1.82) is 0 Å². The van der Waals surface area contributed by atoms with Gasteiger partial charge in [-0.15, -0.1) is 0 Å². The van der Waals surface area contributed by atoms with E-state index in [-0.39, 0.29) is 49.8 Å². The molecule has 4 aliphatic rings. The summed E-state index contributed by atoms with van der Waals surface area (Å²) >= 11 is 0. The first-order valence-electron chi connectivity index (χ1n) is 10.4. The number of ether oxygens (including phenoxy) is 2. The fraction of sp³-hybridized carbons (Fsp3) is 0.476. The van der Waals surface area contributed by atoms with Crippen LogP contribution < -0.4 is 15.0 Å². The molecule has 1 N–H and O–H groups in total. The molecule has 2 saturated heterocycles. The third kappa shape index (κ3) is 2.95. The van der Waals surface area contributed by atoms with E-state index in [0.29, 0.717) is 16.9 Å². The SMILES string of the molecule is O=C1N[C@@]2(CO1)COc1cc(-c3nc(N4CC[C@@H]4C(F)(F)F)nc4c3CCC4(F)F)ccc12. The number of carbonyl (C=O) groups is 1. The van der Waals surface area contributed by atoms with Crippen molar-refractivity contribution in [3.63, 3.8) is 0 Å². The third-order valence-corrected chi connectivity index (χ3v) is 6.72. The highest BCUT2D eigenvalue weighted by atomic mass is 19.4. The molecule has 6 rings (SSSR count). The molecular formula is C21H17F5N4O3. The molecule has 0 bridgehead atoms. The van der Waals surface area contributed by atoms with Gasteiger partial charge in [0.2, 0.25) is 5.95 Å². The number of halogens is 5. The highest BCUT2D eigenvalue weighted by molar-refractivity contribution is 5.74. The molecule has 7 nitrogen and oxygen atoms in total. The molecule has 0 radical (unpaired) electrons. The normalized spacial score (nSPS) is 27.0. The number of rotatable bonds is 2. The zero-order chi connectivity index (χ0) is 23.2. The van der Waals surface area contributed by atoms with Crippen LogP contribution in [0.5, 0.6) is 5.75 Å². The van der Waals surface area contributed by atoms with E-state index in [2.05, 4.69) is 15.3 Å². The number of hydrogen-bond donors (Lipinski definition) is 1. The predicted octanol–water partition coefficient (Wildman–Crippen LogP) is 3.65. The second-order valence-corrected chi connectivity index (χ2v) is 8.73. The minimum atomic E-state index is -4.51. The molecule has 1 spiro atoms. The summed E-state index contributed by atoms with van der Waals surface area (Å²) in [5.41, 5.74) is 0.140. The van der Waals surface area contributed by atoms with Gasteiger partial charge in [-0.1, -0.05) is 12.1 Å². The van der Waals surface area contributed by atoms with Crippen molar-refractivity contribution in [2.24, 2.45) is 0 Å². The maximum atomic E-state index is 14.6. The van der Waals surface area contributed by atoms with Crippen LogP contribution in [0.25, 0.3) is 11.3 Å². The Morgan fingerprint density at radius 2 is 1.94 bits per heavy atom. The molecule has 12 heteroatoms. The second-order valence-electron chi connectivity index (χ2n) is 8.73. The van der Waals surface area contributed by atoms with Crippen LogP contribution in [-0.2, 0) is 22.6 Å². The van der Waals surface area contributed by atoms with Gasteiger partial charge in [-0.05, 0) is 18.9 Å². The highest BCUT2D eigenvalue weighted by Gasteiger charge is 2.51. The van der Waals surface area contributed by atoms with Gasteiger partial charge in [0.25, 0.3) is 5.92 Å². The number of alkyl halides is 5. The third-order valence-electron chi connectivity index (χ3n) is 6.72. The molecule has 1 aliphatic carbocycles. The van der Waals surface area contributed by atoms with Crippen molar-refractivity contribution < 1.29 is 36.2 Å². The molecular weight excluding hydrogens is 451 g/mol. The van der Waals surface area contributed by atoms with Gasteiger partial charge >= 0.3 is 12.3 Å². The first-order valence-corrected chi connectivity index (χ1v) is 10.4. The summed E-state index contributed by atoms with van der Waals surface area (Å²) in [5, 5.41) is 2.73. The lowest BCUT2D eigenvalue weighted by Crippen LogP contribution is -2.56. The van der Waals surface area contributed by atoms with Crippen molar-refractivity contribution in [3.05, 3.63) is 35.0 Å². The number of cyclic esters (lactones) is 1. The molecule has 1 aromatic carbocycles. The predicted molar refractivity (Wildman–Crippen MR) is 103 cm³/mol. The zero-order valence-electron chi connectivity index (χ0n) is 17.0. The molecule has 4 heterocycles. The number of nitrogens with zero attached hydrogens (tertiary/aromatic N) is 3.